The van der Waals surface area contributed by atoms with Crippen LogP contribution in [0.25, 0.3) is 0 Å². The van der Waals surface area contributed by atoms with E-state index >= 15 is 0 Å². The Bertz CT molecular complexity index is 1570. The van der Waals surface area contributed by atoms with Crippen LogP contribution in [0.4, 0.5) is 30.7 Å². The van der Waals surface area contributed by atoms with Crippen LogP contribution in [0.1, 0.15) is 16.7 Å². The predicted octanol–water partition coefficient (Wildman–Crippen LogP) is 7.13. The number of sulfonamides is 1. The first-order chi connectivity index (χ1) is 19.7. The summed E-state index contributed by atoms with van der Waals surface area (Å²) in [4.78, 5) is -0.693. The summed E-state index contributed by atoms with van der Waals surface area (Å²) in [6.07, 6.45) is -10.2. The molecule has 4 aromatic rings. The van der Waals surface area contributed by atoms with Crippen LogP contribution in [0, 0.1) is 5.82 Å². The monoisotopic (exact) mass is 613 g/mol. The van der Waals surface area contributed by atoms with Gasteiger partial charge in [-0.05, 0) is 59.5 Å². The summed E-state index contributed by atoms with van der Waals surface area (Å²) in [5.74, 6) is -2.34. The molecule has 5 nitrogen and oxygen atoms in total. The maximum atomic E-state index is 14.5. The van der Waals surface area contributed by atoms with Crippen molar-refractivity contribution in [2.45, 2.75) is 29.5 Å². The average molecular weight is 614 g/mol. The average Bonchev–Trinajstić information content (AvgIpc) is 2.90. The van der Waals surface area contributed by atoms with E-state index in [0.717, 1.165) is 36.4 Å². The molecule has 0 aromatic heterocycles. The summed E-state index contributed by atoms with van der Waals surface area (Å²) in [6, 6.07) is 22.2. The SMILES string of the molecule is O=S(=O)(NCC(Cc1ccccc1)(c1cccc(OC(F)(F)F)c1)c1cccc(OC(F)(F)F)c1)c1ccccc1F. The molecule has 0 aliphatic carbocycles. The van der Waals surface area contributed by atoms with Crippen molar-refractivity contribution in [2.24, 2.45) is 0 Å². The molecule has 0 spiro atoms. The maximum absolute atomic E-state index is 14.5. The van der Waals surface area contributed by atoms with Gasteiger partial charge in [0.2, 0.25) is 10.0 Å². The second kappa shape index (κ2) is 12.0. The highest BCUT2D eigenvalue weighted by molar-refractivity contribution is 7.89. The van der Waals surface area contributed by atoms with Gasteiger partial charge in [-0.3, -0.25) is 0 Å². The lowest BCUT2D eigenvalue weighted by atomic mass is 9.70. The summed E-state index contributed by atoms with van der Waals surface area (Å²) >= 11 is 0. The van der Waals surface area contributed by atoms with E-state index in [2.05, 4.69) is 14.2 Å². The molecule has 0 radical (unpaired) electrons. The van der Waals surface area contributed by atoms with Gasteiger partial charge < -0.3 is 9.47 Å². The largest absolute Gasteiger partial charge is 0.573 e. The van der Waals surface area contributed by atoms with Crippen molar-refractivity contribution in [2.75, 3.05) is 6.54 Å². The van der Waals surface area contributed by atoms with E-state index in [0.29, 0.717) is 5.56 Å². The molecule has 222 valence electrons. The highest BCUT2D eigenvalue weighted by Crippen LogP contribution is 2.40. The van der Waals surface area contributed by atoms with Gasteiger partial charge in [-0.2, -0.15) is 0 Å². The maximum Gasteiger partial charge on any atom is 0.573 e. The van der Waals surface area contributed by atoms with Crippen molar-refractivity contribution in [1.82, 2.24) is 4.72 Å². The summed E-state index contributed by atoms with van der Waals surface area (Å²) in [6.45, 7) is -0.608. The van der Waals surface area contributed by atoms with Crippen molar-refractivity contribution in [3.63, 3.8) is 0 Å². The van der Waals surface area contributed by atoms with Crippen molar-refractivity contribution >= 4 is 10.0 Å². The van der Waals surface area contributed by atoms with Crippen LogP contribution in [0.5, 0.6) is 11.5 Å². The van der Waals surface area contributed by atoms with Crippen LogP contribution in [-0.2, 0) is 21.9 Å². The molecule has 0 atom stereocenters. The summed E-state index contributed by atoms with van der Waals surface area (Å²) in [7, 11) is -4.56. The first kappa shape index (κ1) is 30.8. The van der Waals surface area contributed by atoms with Crippen LogP contribution in [-0.4, -0.2) is 27.7 Å². The molecule has 0 amide bonds. The molecule has 0 aliphatic heterocycles. The zero-order valence-electron chi connectivity index (χ0n) is 21.4. The summed E-state index contributed by atoms with van der Waals surface area (Å²) < 4.78 is 130. The Balaban J connectivity index is 1.93. The third kappa shape index (κ3) is 7.79. The van der Waals surface area contributed by atoms with E-state index in [1.807, 2.05) is 0 Å². The van der Waals surface area contributed by atoms with E-state index in [1.54, 1.807) is 30.3 Å². The molecule has 0 saturated carbocycles. The Labute approximate surface area is 236 Å². The van der Waals surface area contributed by atoms with Gasteiger partial charge in [0.05, 0.1) is 0 Å². The van der Waals surface area contributed by atoms with Gasteiger partial charge in [0.15, 0.2) is 0 Å². The van der Waals surface area contributed by atoms with Crippen molar-refractivity contribution in [1.29, 1.82) is 0 Å². The number of alkyl halides is 6. The minimum atomic E-state index is -5.06. The number of hydrogen-bond donors (Lipinski definition) is 1. The molecule has 13 heteroatoms. The van der Waals surface area contributed by atoms with E-state index in [9.17, 15) is 39.2 Å². The van der Waals surface area contributed by atoms with Gasteiger partial charge >= 0.3 is 12.7 Å². The fourth-order valence-electron chi connectivity index (χ4n) is 4.52. The van der Waals surface area contributed by atoms with Crippen LogP contribution < -0.4 is 14.2 Å². The Morgan fingerprint density at radius 2 is 1.14 bits per heavy atom. The number of rotatable bonds is 10. The molecule has 0 saturated heterocycles. The molecule has 0 aliphatic rings. The van der Waals surface area contributed by atoms with Crippen LogP contribution in [0.2, 0.25) is 0 Å². The number of nitrogens with one attached hydrogen (secondary N) is 1. The Kier molecular flexibility index (Phi) is 8.83. The van der Waals surface area contributed by atoms with Crippen LogP contribution in [0.15, 0.2) is 108 Å². The molecule has 0 unspecified atom stereocenters. The topological polar surface area (TPSA) is 64.6 Å². The third-order valence-electron chi connectivity index (χ3n) is 6.28. The minimum absolute atomic E-state index is 0.0634. The fourth-order valence-corrected chi connectivity index (χ4v) is 5.70. The molecule has 0 bridgehead atoms. The first-order valence-electron chi connectivity index (χ1n) is 12.2. The van der Waals surface area contributed by atoms with Gasteiger partial charge in [-0.25, -0.2) is 17.5 Å². The molecular weight excluding hydrogens is 591 g/mol. The van der Waals surface area contributed by atoms with Crippen molar-refractivity contribution in [3.05, 3.63) is 126 Å². The molecule has 4 rings (SSSR count). The third-order valence-corrected chi connectivity index (χ3v) is 7.71. The fraction of sp³-hybridized carbons (Fsp3) is 0.172. The van der Waals surface area contributed by atoms with Gasteiger partial charge in [0, 0.05) is 12.0 Å². The van der Waals surface area contributed by atoms with Crippen LogP contribution in [0.3, 0.4) is 0 Å². The highest BCUT2D eigenvalue weighted by Gasteiger charge is 2.39. The van der Waals surface area contributed by atoms with Crippen LogP contribution >= 0.6 is 0 Å². The quantitative estimate of drug-likeness (QED) is 0.193. The number of benzene rings is 4. The smallest absolute Gasteiger partial charge is 0.406 e. The van der Waals surface area contributed by atoms with Crippen molar-refractivity contribution < 1.29 is 48.6 Å². The summed E-state index contributed by atoms with van der Waals surface area (Å²) in [5.41, 5.74) is -0.968. The Hall–Kier alpha value is -4.10. The number of halogens is 7. The van der Waals surface area contributed by atoms with Crippen molar-refractivity contribution in [3.8, 4) is 11.5 Å². The Morgan fingerprint density at radius 3 is 1.64 bits per heavy atom. The molecule has 42 heavy (non-hydrogen) atoms. The molecule has 4 aromatic carbocycles. The van der Waals surface area contributed by atoms with E-state index in [4.69, 9.17) is 0 Å². The zero-order valence-corrected chi connectivity index (χ0v) is 22.2. The van der Waals surface area contributed by atoms with E-state index < -0.39 is 56.9 Å². The van der Waals surface area contributed by atoms with Gasteiger partial charge in [0.25, 0.3) is 0 Å². The van der Waals surface area contributed by atoms with Gasteiger partial charge in [0.1, 0.15) is 22.2 Å². The lowest BCUT2D eigenvalue weighted by Gasteiger charge is -2.36. The summed E-state index contributed by atoms with van der Waals surface area (Å²) in [5, 5.41) is 0. The standard InChI is InChI=1S/C29H22F7NO4S/c30-25-14-4-5-15-26(25)42(38,39)37-19-27(18-20-8-2-1-3-9-20,21-10-6-12-23(16-21)40-28(31,32)33)22-11-7-13-24(17-22)41-29(34,35)36/h1-17,37H,18-19H2. The number of hydrogen-bond acceptors (Lipinski definition) is 4. The van der Waals surface area contributed by atoms with E-state index in [1.165, 1.54) is 36.4 Å². The lowest BCUT2D eigenvalue weighted by molar-refractivity contribution is -0.275. The molecule has 0 fully saturated rings. The Morgan fingerprint density at radius 1 is 0.643 bits per heavy atom. The zero-order chi connectivity index (χ0) is 30.6. The van der Waals surface area contributed by atoms with Gasteiger partial charge in [-0.15, -0.1) is 26.3 Å². The minimum Gasteiger partial charge on any atom is -0.406 e. The van der Waals surface area contributed by atoms with Gasteiger partial charge in [-0.1, -0.05) is 66.7 Å². The second-order valence-corrected chi connectivity index (χ2v) is 10.9. The number of ether oxygens (including phenoxy) is 2. The first-order valence-corrected chi connectivity index (χ1v) is 13.7. The molecular formula is C29H22F7NO4S. The lowest BCUT2D eigenvalue weighted by Crippen LogP contribution is -2.43. The highest BCUT2D eigenvalue weighted by atomic mass is 32.2. The second-order valence-electron chi connectivity index (χ2n) is 9.15. The van der Waals surface area contributed by atoms with E-state index in [-0.39, 0.29) is 17.5 Å². The molecule has 1 N–H and O–H groups in total. The normalized spacial score (nSPS) is 12.6. The predicted molar refractivity (Wildman–Crippen MR) is 139 cm³/mol. The molecule has 0 heterocycles.